The van der Waals surface area contributed by atoms with E-state index in [0.717, 1.165) is 17.6 Å². The lowest BCUT2D eigenvalue weighted by atomic mass is 10.1. The molecular formula is C12H11NO. The summed E-state index contributed by atoms with van der Waals surface area (Å²) in [7, 11) is 0. The van der Waals surface area contributed by atoms with Gasteiger partial charge in [0.25, 0.3) is 0 Å². The van der Waals surface area contributed by atoms with E-state index in [2.05, 4.69) is 31.2 Å². The van der Waals surface area contributed by atoms with Gasteiger partial charge in [-0.3, -0.25) is 9.36 Å². The van der Waals surface area contributed by atoms with Gasteiger partial charge in [0, 0.05) is 17.5 Å². The minimum absolute atomic E-state index is 0.237. The Morgan fingerprint density at radius 1 is 1.21 bits per heavy atom. The predicted octanol–water partition coefficient (Wildman–Crippen LogP) is 2.54. The second-order valence-corrected chi connectivity index (χ2v) is 3.93. The first-order chi connectivity index (χ1) is 6.75. The molecule has 1 aromatic carbocycles. The normalized spacial score (nSPS) is 15.1. The van der Waals surface area contributed by atoms with Crippen LogP contribution in [0.4, 0.5) is 0 Å². The zero-order valence-corrected chi connectivity index (χ0v) is 8.08. The van der Waals surface area contributed by atoms with Crippen LogP contribution in [0, 0.1) is 6.92 Å². The highest BCUT2D eigenvalue weighted by molar-refractivity contribution is 5.96. The number of hydrogen-bond acceptors (Lipinski definition) is 1. The van der Waals surface area contributed by atoms with Crippen molar-refractivity contribution in [2.45, 2.75) is 19.8 Å². The summed E-state index contributed by atoms with van der Waals surface area (Å²) >= 11 is 0. The second kappa shape index (κ2) is 2.47. The van der Waals surface area contributed by atoms with Gasteiger partial charge in [0.05, 0.1) is 5.52 Å². The Morgan fingerprint density at radius 3 is 2.93 bits per heavy atom. The second-order valence-electron chi connectivity index (χ2n) is 3.93. The number of fused-ring (bicyclic) bond motifs is 3. The van der Waals surface area contributed by atoms with Crippen molar-refractivity contribution in [1.29, 1.82) is 0 Å². The molecule has 0 unspecified atom stereocenters. The number of aromatic nitrogens is 1. The van der Waals surface area contributed by atoms with Gasteiger partial charge in [-0.15, -0.1) is 0 Å². The highest BCUT2D eigenvalue weighted by atomic mass is 16.2. The fraction of sp³-hybridized carbons (Fsp3) is 0.250. The average molecular weight is 185 g/mol. The molecule has 0 bridgehead atoms. The third kappa shape index (κ3) is 0.882. The maximum atomic E-state index is 11.6. The van der Waals surface area contributed by atoms with E-state index in [0.29, 0.717) is 6.42 Å². The Balaban J connectivity index is 2.43. The van der Waals surface area contributed by atoms with Crippen LogP contribution in [0.3, 0.4) is 0 Å². The van der Waals surface area contributed by atoms with Crippen LogP contribution in [0.15, 0.2) is 24.3 Å². The SMILES string of the molecule is Cc1ccc2cc3n(c2c1)C(=O)CC3. The van der Waals surface area contributed by atoms with Crippen molar-refractivity contribution in [2.24, 2.45) is 0 Å². The number of hydrogen-bond donors (Lipinski definition) is 0. The quantitative estimate of drug-likeness (QED) is 0.618. The number of nitrogens with zero attached hydrogens (tertiary/aromatic N) is 1. The fourth-order valence-electron chi connectivity index (χ4n) is 2.19. The molecule has 1 aliphatic rings. The van der Waals surface area contributed by atoms with E-state index in [1.807, 2.05) is 4.57 Å². The monoisotopic (exact) mass is 185 g/mol. The first-order valence-electron chi connectivity index (χ1n) is 4.90. The van der Waals surface area contributed by atoms with E-state index in [1.165, 1.54) is 10.9 Å². The lowest BCUT2D eigenvalue weighted by Crippen LogP contribution is -2.02. The van der Waals surface area contributed by atoms with E-state index >= 15 is 0 Å². The van der Waals surface area contributed by atoms with Gasteiger partial charge in [0.1, 0.15) is 0 Å². The first-order valence-corrected chi connectivity index (χ1v) is 4.90. The first kappa shape index (κ1) is 7.80. The summed E-state index contributed by atoms with van der Waals surface area (Å²) in [6.45, 7) is 2.05. The smallest absolute Gasteiger partial charge is 0.231 e. The zero-order valence-electron chi connectivity index (χ0n) is 8.08. The summed E-state index contributed by atoms with van der Waals surface area (Å²) < 4.78 is 1.86. The van der Waals surface area contributed by atoms with Crippen molar-refractivity contribution in [3.05, 3.63) is 35.5 Å². The molecule has 3 rings (SSSR count). The van der Waals surface area contributed by atoms with E-state index in [-0.39, 0.29) is 5.91 Å². The van der Waals surface area contributed by atoms with Crippen LogP contribution >= 0.6 is 0 Å². The van der Waals surface area contributed by atoms with Crippen LogP contribution in [0.2, 0.25) is 0 Å². The summed E-state index contributed by atoms with van der Waals surface area (Å²) in [4.78, 5) is 11.6. The van der Waals surface area contributed by atoms with Crippen LogP contribution in [-0.4, -0.2) is 10.5 Å². The van der Waals surface area contributed by atoms with Gasteiger partial charge in [-0.1, -0.05) is 12.1 Å². The van der Waals surface area contributed by atoms with Crippen molar-refractivity contribution < 1.29 is 4.79 Å². The van der Waals surface area contributed by atoms with Gasteiger partial charge in [-0.25, -0.2) is 0 Å². The Morgan fingerprint density at radius 2 is 2.07 bits per heavy atom. The maximum absolute atomic E-state index is 11.6. The van der Waals surface area contributed by atoms with Crippen LogP contribution in [0.5, 0.6) is 0 Å². The zero-order chi connectivity index (χ0) is 9.71. The summed E-state index contributed by atoms with van der Waals surface area (Å²) in [6.07, 6.45) is 1.56. The van der Waals surface area contributed by atoms with Gasteiger partial charge in [0.15, 0.2) is 0 Å². The third-order valence-electron chi connectivity index (χ3n) is 2.88. The van der Waals surface area contributed by atoms with E-state index in [4.69, 9.17) is 0 Å². The predicted molar refractivity (Wildman–Crippen MR) is 55.6 cm³/mol. The molecule has 0 atom stereocenters. The van der Waals surface area contributed by atoms with Crippen molar-refractivity contribution in [3.63, 3.8) is 0 Å². The highest BCUT2D eigenvalue weighted by Gasteiger charge is 2.21. The Kier molecular flexibility index (Phi) is 1.38. The van der Waals surface area contributed by atoms with Crippen molar-refractivity contribution in [1.82, 2.24) is 4.57 Å². The maximum Gasteiger partial charge on any atom is 0.231 e. The molecule has 1 aliphatic heterocycles. The molecular weight excluding hydrogens is 174 g/mol. The molecule has 2 aromatic rings. The number of rotatable bonds is 0. The lowest BCUT2D eigenvalue weighted by Gasteiger charge is -1.99. The van der Waals surface area contributed by atoms with Gasteiger partial charge < -0.3 is 0 Å². The third-order valence-corrected chi connectivity index (χ3v) is 2.88. The molecule has 0 fully saturated rings. The largest absolute Gasteiger partial charge is 0.284 e. The Bertz CT molecular complexity index is 536. The number of benzene rings is 1. The minimum Gasteiger partial charge on any atom is -0.284 e. The molecule has 70 valence electrons. The van der Waals surface area contributed by atoms with Crippen LogP contribution < -0.4 is 0 Å². The molecule has 14 heavy (non-hydrogen) atoms. The van der Waals surface area contributed by atoms with Crippen molar-refractivity contribution in [2.75, 3.05) is 0 Å². The molecule has 0 saturated heterocycles. The standard InChI is InChI=1S/C12H11NO/c1-8-2-3-9-7-10-4-5-12(14)13(10)11(9)6-8/h2-3,6-7H,4-5H2,1H3. The van der Waals surface area contributed by atoms with Crippen molar-refractivity contribution >= 4 is 16.8 Å². The number of carbonyl (C=O) groups excluding carboxylic acids is 1. The number of aryl methyl sites for hydroxylation is 2. The lowest BCUT2D eigenvalue weighted by molar-refractivity contribution is 0.0928. The molecule has 0 saturated carbocycles. The van der Waals surface area contributed by atoms with Crippen LogP contribution in [0.25, 0.3) is 10.9 Å². The highest BCUT2D eigenvalue weighted by Crippen LogP contribution is 2.26. The molecule has 2 heteroatoms. The molecule has 0 N–H and O–H groups in total. The van der Waals surface area contributed by atoms with Crippen molar-refractivity contribution in [3.8, 4) is 0 Å². The van der Waals surface area contributed by atoms with E-state index in [9.17, 15) is 4.79 Å². The minimum atomic E-state index is 0.237. The molecule has 0 radical (unpaired) electrons. The van der Waals surface area contributed by atoms with Gasteiger partial charge in [-0.2, -0.15) is 0 Å². The molecule has 0 aliphatic carbocycles. The van der Waals surface area contributed by atoms with E-state index in [1.54, 1.807) is 0 Å². The fourth-order valence-corrected chi connectivity index (χ4v) is 2.19. The number of carbonyl (C=O) groups is 1. The van der Waals surface area contributed by atoms with Crippen LogP contribution in [-0.2, 0) is 6.42 Å². The summed E-state index contributed by atoms with van der Waals surface area (Å²) in [5.41, 5.74) is 3.44. The topological polar surface area (TPSA) is 22.0 Å². The summed E-state index contributed by atoms with van der Waals surface area (Å²) in [6, 6.07) is 8.38. The molecule has 2 heterocycles. The molecule has 0 spiro atoms. The Hall–Kier alpha value is -1.57. The molecule has 0 amide bonds. The van der Waals surface area contributed by atoms with E-state index < -0.39 is 0 Å². The summed E-state index contributed by atoms with van der Waals surface area (Å²) in [5.74, 6) is 0.237. The van der Waals surface area contributed by atoms with Gasteiger partial charge >= 0.3 is 0 Å². The van der Waals surface area contributed by atoms with Gasteiger partial charge in [-0.05, 0) is 31.0 Å². The Labute approximate surface area is 82.1 Å². The average Bonchev–Trinajstić information content (AvgIpc) is 2.67. The molecule has 2 nitrogen and oxygen atoms in total. The molecule has 1 aromatic heterocycles. The van der Waals surface area contributed by atoms with Crippen LogP contribution in [0.1, 0.15) is 22.5 Å². The van der Waals surface area contributed by atoms with Gasteiger partial charge in [0.2, 0.25) is 5.91 Å². The summed E-state index contributed by atoms with van der Waals surface area (Å²) in [5, 5.41) is 1.18.